The monoisotopic (exact) mass is 331 g/mol. The van der Waals surface area contributed by atoms with Crippen molar-refractivity contribution in [2.45, 2.75) is 46.3 Å². The predicted molar refractivity (Wildman–Crippen MR) is 92.3 cm³/mol. The number of ether oxygens (including phenoxy) is 2. The van der Waals surface area contributed by atoms with Crippen molar-refractivity contribution in [3.8, 4) is 0 Å². The van der Waals surface area contributed by atoms with Crippen molar-refractivity contribution in [2.75, 3.05) is 13.1 Å². The van der Waals surface area contributed by atoms with Crippen LogP contribution in [0.5, 0.6) is 0 Å². The van der Waals surface area contributed by atoms with Crippen molar-refractivity contribution in [1.82, 2.24) is 4.90 Å². The number of rotatable bonds is 3. The molecule has 24 heavy (non-hydrogen) atoms. The fourth-order valence-electron chi connectivity index (χ4n) is 2.44. The van der Waals surface area contributed by atoms with E-state index >= 15 is 0 Å². The molecule has 0 aliphatic carbocycles. The second-order valence-electron chi connectivity index (χ2n) is 6.90. The van der Waals surface area contributed by atoms with Gasteiger partial charge in [-0.05, 0) is 43.9 Å². The molecular weight excluding hydrogens is 306 g/mol. The van der Waals surface area contributed by atoms with E-state index in [0.29, 0.717) is 13.1 Å². The number of benzene rings is 1. The molecule has 1 heterocycles. The summed E-state index contributed by atoms with van der Waals surface area (Å²) in [6.45, 7) is 8.49. The fourth-order valence-corrected chi connectivity index (χ4v) is 2.44. The van der Waals surface area contributed by atoms with Crippen LogP contribution >= 0.6 is 0 Å². The van der Waals surface area contributed by atoms with Crippen LogP contribution < -0.4 is 0 Å². The molecule has 0 N–H and O–H groups in total. The lowest BCUT2D eigenvalue weighted by molar-refractivity contribution is -0.142. The first-order valence-corrected chi connectivity index (χ1v) is 8.14. The van der Waals surface area contributed by atoms with Crippen molar-refractivity contribution in [2.24, 2.45) is 0 Å². The van der Waals surface area contributed by atoms with Crippen LogP contribution in [-0.2, 0) is 20.9 Å². The Kier molecular flexibility index (Phi) is 5.65. The third-order valence-electron chi connectivity index (χ3n) is 3.57. The van der Waals surface area contributed by atoms with E-state index in [2.05, 4.69) is 6.08 Å². The van der Waals surface area contributed by atoms with Crippen molar-refractivity contribution < 1.29 is 19.1 Å². The average molecular weight is 331 g/mol. The predicted octanol–water partition coefficient (Wildman–Crippen LogP) is 3.77. The van der Waals surface area contributed by atoms with Crippen molar-refractivity contribution in [3.63, 3.8) is 0 Å². The van der Waals surface area contributed by atoms with Crippen LogP contribution in [0.1, 0.15) is 45.2 Å². The van der Waals surface area contributed by atoms with Gasteiger partial charge in [-0.15, -0.1) is 0 Å². The third-order valence-corrected chi connectivity index (χ3v) is 3.57. The third kappa shape index (κ3) is 5.41. The Balaban J connectivity index is 2.00. The van der Waals surface area contributed by atoms with Crippen LogP contribution in [0.2, 0.25) is 0 Å². The first-order chi connectivity index (χ1) is 11.2. The van der Waals surface area contributed by atoms with Gasteiger partial charge >= 0.3 is 12.1 Å². The van der Waals surface area contributed by atoms with Crippen LogP contribution in [0.25, 0.3) is 5.57 Å². The quantitative estimate of drug-likeness (QED) is 0.791. The number of esters is 1. The molecule has 5 nitrogen and oxygen atoms in total. The summed E-state index contributed by atoms with van der Waals surface area (Å²) >= 11 is 0. The van der Waals surface area contributed by atoms with Crippen molar-refractivity contribution in [1.29, 1.82) is 0 Å². The molecular formula is C19H25NO4. The lowest BCUT2D eigenvalue weighted by atomic mass is 10.0. The summed E-state index contributed by atoms with van der Waals surface area (Å²) in [6, 6.07) is 7.85. The molecule has 0 atom stereocenters. The summed E-state index contributed by atoms with van der Waals surface area (Å²) in [4.78, 5) is 24.8. The molecule has 130 valence electrons. The Morgan fingerprint density at radius 1 is 1.17 bits per heavy atom. The Morgan fingerprint density at radius 2 is 1.83 bits per heavy atom. The van der Waals surface area contributed by atoms with Gasteiger partial charge in [-0.25, -0.2) is 4.79 Å². The summed E-state index contributed by atoms with van der Waals surface area (Å²) in [5, 5.41) is 0. The maximum atomic E-state index is 12.2. The van der Waals surface area contributed by atoms with Gasteiger partial charge in [0.25, 0.3) is 0 Å². The molecule has 5 heteroatoms. The minimum atomic E-state index is -0.489. The van der Waals surface area contributed by atoms with Crippen LogP contribution in [0.15, 0.2) is 30.3 Å². The molecule has 0 saturated heterocycles. The Labute approximate surface area is 143 Å². The van der Waals surface area contributed by atoms with Crippen molar-refractivity contribution >= 4 is 17.6 Å². The first-order valence-electron chi connectivity index (χ1n) is 8.14. The molecule has 1 aromatic carbocycles. The van der Waals surface area contributed by atoms with Gasteiger partial charge in [0, 0.05) is 20.0 Å². The molecule has 0 radical (unpaired) electrons. The molecule has 1 amide bonds. The summed E-state index contributed by atoms with van der Waals surface area (Å²) in [5.74, 6) is -0.290. The van der Waals surface area contributed by atoms with Gasteiger partial charge in [-0.3, -0.25) is 4.79 Å². The topological polar surface area (TPSA) is 55.8 Å². The minimum Gasteiger partial charge on any atom is -0.461 e. The van der Waals surface area contributed by atoms with Crippen LogP contribution in [0.4, 0.5) is 4.79 Å². The summed E-state index contributed by atoms with van der Waals surface area (Å²) in [6.07, 6.45) is 2.69. The highest BCUT2D eigenvalue weighted by molar-refractivity contribution is 5.75. The van der Waals surface area contributed by atoms with Gasteiger partial charge in [-0.2, -0.15) is 0 Å². The maximum absolute atomic E-state index is 12.2. The summed E-state index contributed by atoms with van der Waals surface area (Å²) < 4.78 is 10.4. The molecule has 0 fully saturated rings. The zero-order valence-electron chi connectivity index (χ0n) is 14.8. The highest BCUT2D eigenvalue weighted by atomic mass is 16.6. The Morgan fingerprint density at radius 3 is 2.42 bits per heavy atom. The maximum Gasteiger partial charge on any atom is 0.410 e. The summed E-state index contributed by atoms with van der Waals surface area (Å²) in [5.41, 5.74) is 2.62. The van der Waals surface area contributed by atoms with E-state index in [1.54, 1.807) is 4.90 Å². The Bertz CT molecular complexity index is 626. The number of carbonyl (C=O) groups is 2. The van der Waals surface area contributed by atoms with E-state index in [-0.39, 0.29) is 18.7 Å². The van der Waals surface area contributed by atoms with Gasteiger partial charge < -0.3 is 14.4 Å². The standard InChI is InChI=1S/C19H25NO4/c1-14(21)23-13-15-7-9-16(10-8-15)17-6-5-11-20(12-17)18(22)24-19(2,3)4/h6-10H,5,11-13H2,1-4H3. The second-order valence-corrected chi connectivity index (χ2v) is 6.90. The molecule has 0 saturated carbocycles. The molecule has 1 aliphatic heterocycles. The normalized spacial score (nSPS) is 14.8. The average Bonchev–Trinajstić information content (AvgIpc) is 2.52. The molecule has 1 aliphatic rings. The zero-order chi connectivity index (χ0) is 17.7. The smallest absolute Gasteiger partial charge is 0.410 e. The molecule has 0 bridgehead atoms. The lowest BCUT2D eigenvalue weighted by Crippen LogP contribution is -2.39. The van der Waals surface area contributed by atoms with E-state index in [9.17, 15) is 9.59 Å². The van der Waals surface area contributed by atoms with Crippen LogP contribution in [0, 0.1) is 0 Å². The highest BCUT2D eigenvalue weighted by Gasteiger charge is 2.24. The second kappa shape index (κ2) is 7.51. The van der Waals surface area contributed by atoms with E-state index in [4.69, 9.17) is 9.47 Å². The SMILES string of the molecule is CC(=O)OCc1ccc(C2=CCCN(C(=O)OC(C)(C)C)C2)cc1. The van der Waals surface area contributed by atoms with E-state index < -0.39 is 5.60 Å². The number of hydrogen-bond donors (Lipinski definition) is 0. The lowest BCUT2D eigenvalue weighted by Gasteiger charge is -2.30. The molecule has 0 spiro atoms. The number of amides is 1. The van der Waals surface area contributed by atoms with Crippen LogP contribution in [0.3, 0.4) is 0 Å². The molecule has 0 aromatic heterocycles. The molecule has 2 rings (SSSR count). The number of nitrogens with zero attached hydrogens (tertiary/aromatic N) is 1. The number of carbonyl (C=O) groups excluding carboxylic acids is 2. The minimum absolute atomic E-state index is 0.276. The van der Waals surface area contributed by atoms with Gasteiger partial charge in [0.05, 0.1) is 0 Å². The number of hydrogen-bond acceptors (Lipinski definition) is 4. The van der Waals surface area contributed by atoms with E-state index in [1.165, 1.54) is 6.92 Å². The zero-order valence-corrected chi connectivity index (χ0v) is 14.8. The van der Waals surface area contributed by atoms with Gasteiger partial charge in [0.15, 0.2) is 0 Å². The van der Waals surface area contributed by atoms with Gasteiger partial charge in [0.2, 0.25) is 0 Å². The van der Waals surface area contributed by atoms with Gasteiger partial charge in [-0.1, -0.05) is 30.3 Å². The first kappa shape index (κ1) is 18.0. The molecule has 0 unspecified atom stereocenters. The molecule has 1 aromatic rings. The van der Waals surface area contributed by atoms with Crippen molar-refractivity contribution in [3.05, 3.63) is 41.5 Å². The Hall–Kier alpha value is -2.30. The van der Waals surface area contributed by atoms with Gasteiger partial charge in [0.1, 0.15) is 12.2 Å². The fraction of sp³-hybridized carbons (Fsp3) is 0.474. The largest absolute Gasteiger partial charge is 0.461 e. The van der Waals surface area contributed by atoms with E-state index in [1.807, 2.05) is 45.0 Å². The summed E-state index contributed by atoms with van der Waals surface area (Å²) in [7, 11) is 0. The highest BCUT2D eigenvalue weighted by Crippen LogP contribution is 2.23. The van der Waals surface area contributed by atoms with Crippen LogP contribution in [-0.4, -0.2) is 35.7 Å². The van der Waals surface area contributed by atoms with E-state index in [0.717, 1.165) is 23.1 Å².